The zero-order valence-corrected chi connectivity index (χ0v) is 12.2. The van der Waals surface area contributed by atoms with Crippen LogP contribution in [-0.4, -0.2) is 0 Å². The van der Waals surface area contributed by atoms with Gasteiger partial charge in [0.25, 0.3) is 0 Å². The third-order valence-electron chi connectivity index (χ3n) is 4.52. The third kappa shape index (κ3) is 2.27. The van der Waals surface area contributed by atoms with E-state index >= 15 is 0 Å². The molecule has 1 aliphatic rings. The Balaban J connectivity index is 2.00. The van der Waals surface area contributed by atoms with Crippen LogP contribution in [0, 0.1) is 0 Å². The molecule has 0 saturated heterocycles. The van der Waals surface area contributed by atoms with E-state index < -0.39 is 0 Å². The summed E-state index contributed by atoms with van der Waals surface area (Å²) in [5, 5.41) is 0. The van der Waals surface area contributed by atoms with Gasteiger partial charge < -0.3 is 5.73 Å². The molecule has 1 nitrogen and oxygen atoms in total. The van der Waals surface area contributed by atoms with Gasteiger partial charge in [0.1, 0.15) is 0 Å². The maximum Gasteiger partial charge on any atom is 0.0668 e. The normalized spacial score (nSPS) is 21.5. The predicted octanol–water partition coefficient (Wildman–Crippen LogP) is 4.18. The van der Waals surface area contributed by atoms with Crippen molar-refractivity contribution in [2.75, 3.05) is 0 Å². The highest BCUT2D eigenvalue weighted by molar-refractivity contribution is 5.45. The fourth-order valence-electron chi connectivity index (χ4n) is 3.42. The largest absolute Gasteiger partial charge is 0.318 e. The van der Waals surface area contributed by atoms with Crippen LogP contribution < -0.4 is 5.73 Å². The van der Waals surface area contributed by atoms with Gasteiger partial charge in [-0.05, 0) is 47.9 Å². The van der Waals surface area contributed by atoms with Crippen molar-refractivity contribution in [3.8, 4) is 0 Å². The van der Waals surface area contributed by atoms with Crippen LogP contribution in [0.3, 0.4) is 0 Å². The molecule has 0 spiro atoms. The molecule has 0 amide bonds. The number of rotatable bonds is 3. The molecule has 2 aromatic carbocycles. The first-order valence-electron chi connectivity index (χ1n) is 7.71. The molecule has 3 rings (SSSR count). The molecule has 2 N–H and O–H groups in total. The highest BCUT2D eigenvalue weighted by atomic mass is 14.8. The number of hydrogen-bond acceptors (Lipinski definition) is 1. The average Bonchev–Trinajstić information content (AvgIpc) is 2.49. The lowest BCUT2D eigenvalue weighted by Crippen LogP contribution is -2.41. The lowest BCUT2D eigenvalue weighted by Gasteiger charge is -2.36. The Morgan fingerprint density at radius 1 is 1.05 bits per heavy atom. The smallest absolute Gasteiger partial charge is 0.0668 e. The van der Waals surface area contributed by atoms with Gasteiger partial charge in [0.15, 0.2) is 0 Å². The fraction of sp³-hybridized carbons (Fsp3) is 0.368. The Labute approximate surface area is 121 Å². The maximum absolute atomic E-state index is 6.82. The highest BCUT2D eigenvalue weighted by Crippen LogP contribution is 2.38. The molecular formula is C19H23N. The van der Waals surface area contributed by atoms with Gasteiger partial charge in [0.05, 0.1) is 5.54 Å². The Hall–Kier alpha value is -1.60. The van der Waals surface area contributed by atoms with Crippen LogP contribution in [0.2, 0.25) is 0 Å². The number of fused-ring (bicyclic) bond motifs is 1. The number of benzene rings is 2. The second-order valence-corrected chi connectivity index (χ2v) is 5.93. The summed E-state index contributed by atoms with van der Waals surface area (Å²) < 4.78 is 0. The molecule has 1 atom stereocenters. The minimum atomic E-state index is -0.306. The molecule has 0 aromatic heterocycles. The fourth-order valence-corrected chi connectivity index (χ4v) is 3.42. The van der Waals surface area contributed by atoms with Crippen molar-refractivity contribution < 1.29 is 0 Å². The summed E-state index contributed by atoms with van der Waals surface area (Å²) in [5.41, 5.74) is 11.9. The molecule has 0 fully saturated rings. The predicted molar refractivity (Wildman–Crippen MR) is 84.8 cm³/mol. The van der Waals surface area contributed by atoms with Crippen molar-refractivity contribution in [1.82, 2.24) is 0 Å². The van der Waals surface area contributed by atoms with Crippen LogP contribution in [0.1, 0.15) is 48.4 Å². The molecule has 104 valence electrons. The van der Waals surface area contributed by atoms with Crippen molar-refractivity contribution >= 4 is 0 Å². The molecule has 1 unspecified atom stereocenters. The lowest BCUT2D eigenvalue weighted by atomic mass is 9.73. The second kappa shape index (κ2) is 5.41. The van der Waals surface area contributed by atoms with E-state index in [-0.39, 0.29) is 5.54 Å². The second-order valence-electron chi connectivity index (χ2n) is 5.93. The molecule has 0 aliphatic heterocycles. The van der Waals surface area contributed by atoms with E-state index in [1.165, 1.54) is 35.1 Å². The Bertz CT molecular complexity index is 585. The molecule has 1 aliphatic carbocycles. The van der Waals surface area contributed by atoms with Crippen LogP contribution in [0.4, 0.5) is 0 Å². The zero-order chi connectivity index (χ0) is 14.0. The molecule has 1 heteroatoms. The van der Waals surface area contributed by atoms with Crippen LogP contribution in [0.5, 0.6) is 0 Å². The van der Waals surface area contributed by atoms with Crippen molar-refractivity contribution in [1.29, 1.82) is 0 Å². The van der Waals surface area contributed by atoms with Gasteiger partial charge in [0.2, 0.25) is 0 Å². The number of aryl methyl sites for hydroxylation is 2. The van der Waals surface area contributed by atoms with Gasteiger partial charge >= 0.3 is 0 Å². The molecule has 0 bridgehead atoms. The molecule has 0 radical (unpaired) electrons. The SMILES string of the molecule is CCCc1ccc(C2(N)CCCc3ccccc32)cc1. The van der Waals surface area contributed by atoms with Crippen LogP contribution in [0.15, 0.2) is 48.5 Å². The summed E-state index contributed by atoms with van der Waals surface area (Å²) in [5.74, 6) is 0. The average molecular weight is 265 g/mol. The van der Waals surface area contributed by atoms with Gasteiger partial charge in [0, 0.05) is 0 Å². The summed E-state index contributed by atoms with van der Waals surface area (Å²) in [6.45, 7) is 2.22. The summed E-state index contributed by atoms with van der Waals surface area (Å²) >= 11 is 0. The van der Waals surface area contributed by atoms with Crippen molar-refractivity contribution in [3.05, 3.63) is 70.8 Å². The topological polar surface area (TPSA) is 26.0 Å². The minimum absolute atomic E-state index is 0.306. The van der Waals surface area contributed by atoms with Gasteiger partial charge in [-0.15, -0.1) is 0 Å². The monoisotopic (exact) mass is 265 g/mol. The van der Waals surface area contributed by atoms with Crippen molar-refractivity contribution in [3.63, 3.8) is 0 Å². The van der Waals surface area contributed by atoms with E-state index in [4.69, 9.17) is 5.73 Å². The van der Waals surface area contributed by atoms with Crippen molar-refractivity contribution in [2.45, 2.75) is 44.6 Å². The number of hydrogen-bond donors (Lipinski definition) is 1. The Morgan fingerprint density at radius 3 is 2.55 bits per heavy atom. The summed E-state index contributed by atoms with van der Waals surface area (Å²) in [7, 11) is 0. The molecule has 0 saturated carbocycles. The van der Waals surface area contributed by atoms with Crippen LogP contribution in [-0.2, 0) is 18.4 Å². The molecular weight excluding hydrogens is 242 g/mol. The zero-order valence-electron chi connectivity index (χ0n) is 12.2. The van der Waals surface area contributed by atoms with Gasteiger partial charge in [-0.25, -0.2) is 0 Å². The van der Waals surface area contributed by atoms with E-state index in [1.54, 1.807) is 0 Å². The van der Waals surface area contributed by atoms with E-state index in [0.29, 0.717) is 0 Å². The first-order valence-corrected chi connectivity index (χ1v) is 7.71. The first-order chi connectivity index (χ1) is 9.74. The van der Waals surface area contributed by atoms with Crippen LogP contribution in [0.25, 0.3) is 0 Å². The third-order valence-corrected chi connectivity index (χ3v) is 4.52. The van der Waals surface area contributed by atoms with E-state index in [2.05, 4.69) is 55.5 Å². The van der Waals surface area contributed by atoms with Crippen LogP contribution >= 0.6 is 0 Å². The van der Waals surface area contributed by atoms with E-state index in [9.17, 15) is 0 Å². The summed E-state index contributed by atoms with van der Waals surface area (Å²) in [6, 6.07) is 17.6. The first kappa shape index (κ1) is 13.4. The Kier molecular flexibility index (Phi) is 3.62. The minimum Gasteiger partial charge on any atom is -0.318 e. The molecule has 0 heterocycles. The standard InChI is InChI=1S/C19H23N/c1-2-6-15-10-12-17(13-11-15)19(20)14-5-8-16-7-3-4-9-18(16)19/h3-4,7,9-13H,2,5-6,8,14,20H2,1H3. The van der Waals surface area contributed by atoms with E-state index in [0.717, 1.165) is 19.3 Å². The number of nitrogens with two attached hydrogens (primary N) is 1. The maximum atomic E-state index is 6.82. The molecule has 2 aromatic rings. The highest BCUT2D eigenvalue weighted by Gasteiger charge is 2.33. The Morgan fingerprint density at radius 2 is 1.80 bits per heavy atom. The quantitative estimate of drug-likeness (QED) is 0.885. The summed E-state index contributed by atoms with van der Waals surface area (Å²) in [6.07, 6.45) is 5.70. The van der Waals surface area contributed by atoms with E-state index in [1.807, 2.05) is 0 Å². The van der Waals surface area contributed by atoms with Gasteiger partial charge in [-0.1, -0.05) is 61.9 Å². The van der Waals surface area contributed by atoms with Gasteiger partial charge in [-0.3, -0.25) is 0 Å². The van der Waals surface area contributed by atoms with Gasteiger partial charge in [-0.2, -0.15) is 0 Å². The molecule has 20 heavy (non-hydrogen) atoms. The van der Waals surface area contributed by atoms with Crippen molar-refractivity contribution in [2.24, 2.45) is 5.73 Å². The summed E-state index contributed by atoms with van der Waals surface area (Å²) in [4.78, 5) is 0. The lowest BCUT2D eigenvalue weighted by molar-refractivity contribution is 0.442.